The van der Waals surface area contributed by atoms with Crippen molar-refractivity contribution in [1.82, 2.24) is 25.0 Å². The van der Waals surface area contributed by atoms with Crippen LogP contribution in [-0.2, 0) is 17.8 Å². The second-order valence-electron chi connectivity index (χ2n) is 5.31. The fraction of sp³-hybridized carbons (Fsp3) is 0.400. The van der Waals surface area contributed by atoms with Crippen molar-refractivity contribution in [3.8, 4) is 0 Å². The third-order valence-corrected chi connectivity index (χ3v) is 3.05. The van der Waals surface area contributed by atoms with Crippen molar-refractivity contribution in [1.29, 1.82) is 0 Å². The van der Waals surface area contributed by atoms with Gasteiger partial charge in [-0.1, -0.05) is 30.3 Å². The summed E-state index contributed by atoms with van der Waals surface area (Å²) < 4.78 is 1.52. The van der Waals surface area contributed by atoms with Crippen LogP contribution in [0.5, 0.6) is 0 Å². The molecule has 0 aliphatic heterocycles. The van der Waals surface area contributed by atoms with Gasteiger partial charge in [-0.2, -0.15) is 5.10 Å². The first-order chi connectivity index (χ1) is 10.1. The van der Waals surface area contributed by atoms with Crippen molar-refractivity contribution >= 4 is 5.91 Å². The van der Waals surface area contributed by atoms with Crippen LogP contribution in [0.2, 0.25) is 0 Å². The van der Waals surface area contributed by atoms with Gasteiger partial charge in [-0.15, -0.1) is 0 Å². The second-order valence-corrected chi connectivity index (χ2v) is 5.31. The Morgan fingerprint density at radius 1 is 1.33 bits per heavy atom. The third kappa shape index (κ3) is 5.35. The van der Waals surface area contributed by atoms with Gasteiger partial charge in [-0.05, 0) is 26.1 Å². The molecule has 2 aromatic rings. The van der Waals surface area contributed by atoms with Gasteiger partial charge in [0.15, 0.2) is 0 Å². The molecule has 2 rings (SSSR count). The molecule has 0 aliphatic rings. The lowest BCUT2D eigenvalue weighted by Crippen LogP contribution is -2.44. The van der Waals surface area contributed by atoms with Crippen molar-refractivity contribution in [3.63, 3.8) is 0 Å². The molecule has 0 fully saturated rings. The minimum absolute atomic E-state index is 0.0525. The summed E-state index contributed by atoms with van der Waals surface area (Å²) in [5.74, 6) is -0.0525. The normalized spacial score (nSPS) is 12.3. The van der Waals surface area contributed by atoms with E-state index in [2.05, 4.69) is 32.4 Å². The number of carbonyl (C=O) groups is 1. The topological polar surface area (TPSA) is 63.1 Å². The van der Waals surface area contributed by atoms with Gasteiger partial charge in [-0.3, -0.25) is 4.79 Å². The fourth-order valence-corrected chi connectivity index (χ4v) is 2.24. The SMILES string of the molecule is CN(C)CC(Cc1ccccc1)NC(=O)Cn1cncn1. The number of nitrogens with zero attached hydrogens (tertiary/aromatic N) is 4. The minimum atomic E-state index is -0.0525. The van der Waals surface area contributed by atoms with Crippen LogP contribution in [0, 0.1) is 0 Å². The maximum Gasteiger partial charge on any atom is 0.242 e. The summed E-state index contributed by atoms with van der Waals surface area (Å²) in [5.41, 5.74) is 1.21. The molecule has 0 spiro atoms. The Morgan fingerprint density at radius 3 is 2.71 bits per heavy atom. The zero-order chi connectivity index (χ0) is 15.1. The number of nitrogens with one attached hydrogen (secondary N) is 1. The number of benzene rings is 1. The van der Waals surface area contributed by atoms with Gasteiger partial charge < -0.3 is 10.2 Å². The molecule has 1 amide bonds. The number of amides is 1. The van der Waals surface area contributed by atoms with E-state index in [0.29, 0.717) is 0 Å². The smallest absolute Gasteiger partial charge is 0.242 e. The van der Waals surface area contributed by atoms with E-state index in [1.807, 2.05) is 32.3 Å². The highest BCUT2D eigenvalue weighted by atomic mass is 16.2. The lowest BCUT2D eigenvalue weighted by molar-refractivity contribution is -0.122. The Balaban J connectivity index is 1.94. The predicted molar refractivity (Wildman–Crippen MR) is 80.7 cm³/mol. The average Bonchev–Trinajstić information content (AvgIpc) is 2.91. The Bertz CT molecular complexity index is 538. The van der Waals surface area contributed by atoms with Gasteiger partial charge in [0.2, 0.25) is 5.91 Å². The molecule has 0 aliphatic carbocycles. The van der Waals surface area contributed by atoms with E-state index in [1.165, 1.54) is 22.9 Å². The molecule has 1 aromatic heterocycles. The van der Waals surface area contributed by atoms with Gasteiger partial charge >= 0.3 is 0 Å². The Morgan fingerprint density at radius 2 is 2.10 bits per heavy atom. The second kappa shape index (κ2) is 7.54. The Hall–Kier alpha value is -2.21. The van der Waals surface area contributed by atoms with E-state index < -0.39 is 0 Å². The van der Waals surface area contributed by atoms with Crippen LogP contribution < -0.4 is 5.32 Å². The van der Waals surface area contributed by atoms with Gasteiger partial charge in [-0.25, -0.2) is 9.67 Å². The van der Waals surface area contributed by atoms with Crippen molar-refractivity contribution in [3.05, 3.63) is 48.5 Å². The molecule has 1 N–H and O–H groups in total. The maximum atomic E-state index is 12.1. The molecule has 0 bridgehead atoms. The number of carbonyl (C=O) groups excluding carboxylic acids is 1. The first-order valence-corrected chi connectivity index (χ1v) is 6.94. The molecule has 1 aromatic carbocycles. The van der Waals surface area contributed by atoms with Crippen LogP contribution in [0.3, 0.4) is 0 Å². The van der Waals surface area contributed by atoms with Crippen molar-refractivity contribution in [2.24, 2.45) is 0 Å². The fourth-order valence-electron chi connectivity index (χ4n) is 2.24. The molecule has 1 unspecified atom stereocenters. The van der Waals surface area contributed by atoms with Gasteiger partial charge in [0.25, 0.3) is 0 Å². The predicted octanol–water partition coefficient (Wildman–Crippen LogP) is 0.567. The Labute approximate surface area is 124 Å². The van der Waals surface area contributed by atoms with Crippen LogP contribution in [0.4, 0.5) is 0 Å². The maximum absolute atomic E-state index is 12.1. The van der Waals surface area contributed by atoms with Crippen LogP contribution in [-0.4, -0.2) is 52.3 Å². The molecule has 0 saturated heterocycles. The number of rotatable bonds is 7. The molecular formula is C15H21N5O. The van der Waals surface area contributed by atoms with E-state index >= 15 is 0 Å². The molecule has 21 heavy (non-hydrogen) atoms. The summed E-state index contributed by atoms with van der Waals surface area (Å²) in [5, 5.41) is 7.01. The monoisotopic (exact) mass is 287 g/mol. The molecule has 6 nitrogen and oxygen atoms in total. The highest BCUT2D eigenvalue weighted by molar-refractivity contribution is 5.76. The molecule has 6 heteroatoms. The van der Waals surface area contributed by atoms with E-state index in [4.69, 9.17) is 0 Å². The van der Waals surface area contributed by atoms with Gasteiger partial charge in [0.1, 0.15) is 19.2 Å². The quantitative estimate of drug-likeness (QED) is 0.808. The van der Waals surface area contributed by atoms with Crippen molar-refractivity contribution < 1.29 is 4.79 Å². The third-order valence-electron chi connectivity index (χ3n) is 3.05. The average molecular weight is 287 g/mol. The zero-order valence-corrected chi connectivity index (χ0v) is 12.4. The zero-order valence-electron chi connectivity index (χ0n) is 12.4. The number of hydrogen-bond acceptors (Lipinski definition) is 4. The Kier molecular flexibility index (Phi) is 5.45. The number of aromatic nitrogens is 3. The molecule has 0 saturated carbocycles. The van der Waals surface area contributed by atoms with Crippen LogP contribution >= 0.6 is 0 Å². The summed E-state index contributed by atoms with van der Waals surface area (Å²) in [4.78, 5) is 18.0. The van der Waals surface area contributed by atoms with E-state index in [1.54, 1.807) is 0 Å². The van der Waals surface area contributed by atoms with Crippen LogP contribution in [0.15, 0.2) is 43.0 Å². The van der Waals surface area contributed by atoms with E-state index in [0.717, 1.165) is 13.0 Å². The lowest BCUT2D eigenvalue weighted by atomic mass is 10.1. The molecule has 1 atom stereocenters. The van der Waals surface area contributed by atoms with Gasteiger partial charge in [0, 0.05) is 12.6 Å². The number of hydrogen-bond donors (Lipinski definition) is 1. The highest BCUT2D eigenvalue weighted by Crippen LogP contribution is 2.04. The summed E-state index contributed by atoms with van der Waals surface area (Å²) in [6.45, 7) is 0.983. The number of likely N-dealkylation sites (N-methyl/N-ethyl adjacent to an activating group) is 1. The summed E-state index contributed by atoms with van der Waals surface area (Å²) >= 11 is 0. The molecule has 1 heterocycles. The van der Waals surface area contributed by atoms with Crippen LogP contribution in [0.1, 0.15) is 5.56 Å². The summed E-state index contributed by atoms with van der Waals surface area (Å²) in [6.07, 6.45) is 3.77. The highest BCUT2D eigenvalue weighted by Gasteiger charge is 2.14. The minimum Gasteiger partial charge on any atom is -0.350 e. The first-order valence-electron chi connectivity index (χ1n) is 6.94. The molecule has 0 radical (unpaired) electrons. The van der Waals surface area contributed by atoms with E-state index in [9.17, 15) is 4.79 Å². The summed E-state index contributed by atoms with van der Waals surface area (Å²) in [7, 11) is 4.00. The first kappa shape index (κ1) is 15.2. The van der Waals surface area contributed by atoms with Crippen LogP contribution in [0.25, 0.3) is 0 Å². The van der Waals surface area contributed by atoms with Crippen molar-refractivity contribution in [2.75, 3.05) is 20.6 Å². The molecule has 112 valence electrons. The lowest BCUT2D eigenvalue weighted by Gasteiger charge is -2.22. The van der Waals surface area contributed by atoms with Crippen molar-refractivity contribution in [2.45, 2.75) is 19.0 Å². The standard InChI is InChI=1S/C15H21N5O/c1-19(2)9-14(8-13-6-4-3-5-7-13)18-15(21)10-20-12-16-11-17-20/h3-7,11-12,14H,8-10H2,1-2H3,(H,18,21). The van der Waals surface area contributed by atoms with Gasteiger partial charge in [0.05, 0.1) is 0 Å². The largest absolute Gasteiger partial charge is 0.350 e. The molecular weight excluding hydrogens is 266 g/mol. The van der Waals surface area contributed by atoms with E-state index in [-0.39, 0.29) is 18.5 Å². The summed E-state index contributed by atoms with van der Waals surface area (Å²) in [6, 6.07) is 10.2.